The molecule has 1 rings (SSSR count). The van der Waals surface area contributed by atoms with Crippen LogP contribution in [0.3, 0.4) is 0 Å². The minimum atomic E-state index is 0.153. The van der Waals surface area contributed by atoms with Crippen molar-refractivity contribution < 1.29 is 9.47 Å². The van der Waals surface area contributed by atoms with E-state index in [9.17, 15) is 0 Å². The van der Waals surface area contributed by atoms with E-state index < -0.39 is 0 Å². The lowest BCUT2D eigenvalue weighted by atomic mass is 9.93. The van der Waals surface area contributed by atoms with Crippen molar-refractivity contribution >= 4 is 11.6 Å². The minimum Gasteiger partial charge on any atom is -0.496 e. The summed E-state index contributed by atoms with van der Waals surface area (Å²) in [4.78, 5) is 0. The van der Waals surface area contributed by atoms with Crippen molar-refractivity contribution in [2.75, 3.05) is 20.8 Å². The van der Waals surface area contributed by atoms with Crippen LogP contribution in [0.2, 0.25) is 5.02 Å². The summed E-state index contributed by atoms with van der Waals surface area (Å²) >= 11 is 6.13. The molecular formula is C17H28ClNO2. The van der Waals surface area contributed by atoms with Crippen LogP contribution in [-0.2, 0) is 11.2 Å². The molecule has 0 aliphatic carbocycles. The number of methoxy groups -OCH3 is 2. The highest BCUT2D eigenvalue weighted by Gasteiger charge is 2.25. The van der Waals surface area contributed by atoms with Gasteiger partial charge in [-0.05, 0) is 49.1 Å². The van der Waals surface area contributed by atoms with Crippen LogP contribution in [0.1, 0.15) is 32.8 Å². The van der Waals surface area contributed by atoms with Gasteiger partial charge < -0.3 is 14.8 Å². The maximum atomic E-state index is 6.13. The second kappa shape index (κ2) is 9.29. The van der Waals surface area contributed by atoms with E-state index in [0.29, 0.717) is 5.92 Å². The zero-order valence-electron chi connectivity index (χ0n) is 13.8. The molecule has 0 aliphatic heterocycles. The Balaban J connectivity index is 2.96. The maximum absolute atomic E-state index is 6.13. The van der Waals surface area contributed by atoms with E-state index in [-0.39, 0.29) is 12.1 Å². The molecule has 21 heavy (non-hydrogen) atoms. The Kier molecular flexibility index (Phi) is 8.09. The molecule has 0 radical (unpaired) electrons. The van der Waals surface area contributed by atoms with Crippen molar-refractivity contribution in [3.05, 3.63) is 28.8 Å². The van der Waals surface area contributed by atoms with Crippen molar-refractivity contribution in [2.24, 2.45) is 5.92 Å². The summed E-state index contributed by atoms with van der Waals surface area (Å²) in [6.07, 6.45) is 2.08. The third-order valence-electron chi connectivity index (χ3n) is 3.66. The summed E-state index contributed by atoms with van der Waals surface area (Å²) in [6, 6.07) is 6.00. The fraction of sp³-hybridized carbons (Fsp3) is 0.647. The Morgan fingerprint density at radius 1 is 1.24 bits per heavy atom. The Morgan fingerprint density at radius 2 is 1.95 bits per heavy atom. The molecule has 0 heterocycles. The number of hydrogen-bond acceptors (Lipinski definition) is 3. The first-order valence-corrected chi connectivity index (χ1v) is 7.99. The molecule has 0 saturated heterocycles. The largest absolute Gasteiger partial charge is 0.496 e. The fourth-order valence-corrected chi connectivity index (χ4v) is 2.87. The third-order valence-corrected chi connectivity index (χ3v) is 3.90. The lowest BCUT2D eigenvalue weighted by Gasteiger charge is -2.30. The summed E-state index contributed by atoms with van der Waals surface area (Å²) in [5.74, 6) is 1.32. The number of ether oxygens (including phenoxy) is 2. The van der Waals surface area contributed by atoms with Crippen LogP contribution in [0.25, 0.3) is 0 Å². The SMILES string of the molecule is CCCNC(Cc1cc(Cl)ccc1OC)C(OC)C(C)C. The normalized spacial score (nSPS) is 14.2. The average Bonchev–Trinajstić information content (AvgIpc) is 2.45. The highest BCUT2D eigenvalue weighted by atomic mass is 35.5. The van der Waals surface area contributed by atoms with Crippen LogP contribution in [-0.4, -0.2) is 32.9 Å². The summed E-state index contributed by atoms with van der Waals surface area (Å²) in [5.41, 5.74) is 1.11. The van der Waals surface area contributed by atoms with Gasteiger partial charge in [0.15, 0.2) is 0 Å². The Morgan fingerprint density at radius 3 is 2.48 bits per heavy atom. The van der Waals surface area contributed by atoms with E-state index in [0.717, 1.165) is 35.7 Å². The molecular weight excluding hydrogens is 286 g/mol. The first kappa shape index (κ1) is 18.3. The molecule has 0 fully saturated rings. The summed E-state index contributed by atoms with van der Waals surface area (Å²) in [5, 5.41) is 4.33. The van der Waals surface area contributed by atoms with E-state index in [1.165, 1.54) is 0 Å². The monoisotopic (exact) mass is 313 g/mol. The predicted molar refractivity (Wildman–Crippen MR) is 89.4 cm³/mol. The van der Waals surface area contributed by atoms with Gasteiger partial charge in [0.2, 0.25) is 0 Å². The number of nitrogens with one attached hydrogen (secondary N) is 1. The Labute approximate surface area is 134 Å². The molecule has 2 atom stereocenters. The van der Waals surface area contributed by atoms with E-state index in [4.69, 9.17) is 21.1 Å². The van der Waals surface area contributed by atoms with Crippen LogP contribution in [0.4, 0.5) is 0 Å². The van der Waals surface area contributed by atoms with Crippen LogP contribution < -0.4 is 10.1 Å². The van der Waals surface area contributed by atoms with Gasteiger partial charge in [-0.25, -0.2) is 0 Å². The molecule has 0 saturated carbocycles. The van der Waals surface area contributed by atoms with E-state index in [2.05, 4.69) is 26.1 Å². The molecule has 0 aromatic heterocycles. The second-order valence-corrected chi connectivity index (χ2v) is 6.10. The van der Waals surface area contributed by atoms with Crippen molar-refractivity contribution in [3.63, 3.8) is 0 Å². The fourth-order valence-electron chi connectivity index (χ4n) is 2.68. The summed E-state index contributed by atoms with van der Waals surface area (Å²) in [6.45, 7) is 7.51. The zero-order chi connectivity index (χ0) is 15.8. The molecule has 1 N–H and O–H groups in total. The standard InChI is InChI=1S/C17H28ClNO2/c1-6-9-19-15(17(21-5)12(2)3)11-13-10-14(18)7-8-16(13)20-4/h7-8,10,12,15,17,19H,6,9,11H2,1-5H3. The number of halogens is 1. The second-order valence-electron chi connectivity index (χ2n) is 5.67. The molecule has 0 aliphatic rings. The van der Waals surface area contributed by atoms with Gasteiger partial charge in [-0.3, -0.25) is 0 Å². The van der Waals surface area contributed by atoms with Crippen molar-refractivity contribution in [2.45, 2.75) is 45.8 Å². The van der Waals surface area contributed by atoms with Crippen LogP contribution in [0.5, 0.6) is 5.75 Å². The van der Waals surface area contributed by atoms with Gasteiger partial charge in [-0.1, -0.05) is 32.4 Å². The maximum Gasteiger partial charge on any atom is 0.122 e. The first-order valence-electron chi connectivity index (χ1n) is 7.62. The Hall–Kier alpha value is -0.770. The molecule has 0 amide bonds. The van der Waals surface area contributed by atoms with Gasteiger partial charge in [0.1, 0.15) is 5.75 Å². The first-order chi connectivity index (χ1) is 10.0. The zero-order valence-corrected chi connectivity index (χ0v) is 14.5. The average molecular weight is 314 g/mol. The lowest BCUT2D eigenvalue weighted by Crippen LogP contribution is -2.45. The molecule has 3 nitrogen and oxygen atoms in total. The molecule has 0 bridgehead atoms. The molecule has 0 spiro atoms. The third kappa shape index (κ3) is 5.50. The highest BCUT2D eigenvalue weighted by molar-refractivity contribution is 6.30. The smallest absolute Gasteiger partial charge is 0.122 e. The predicted octanol–water partition coefficient (Wildman–Crippen LogP) is 3.93. The van der Waals surface area contributed by atoms with Crippen molar-refractivity contribution in [1.82, 2.24) is 5.32 Å². The summed E-state index contributed by atoms with van der Waals surface area (Å²) < 4.78 is 11.2. The van der Waals surface area contributed by atoms with E-state index in [1.807, 2.05) is 18.2 Å². The van der Waals surface area contributed by atoms with Gasteiger partial charge in [0.05, 0.1) is 13.2 Å². The summed E-state index contributed by atoms with van der Waals surface area (Å²) in [7, 11) is 3.47. The highest BCUT2D eigenvalue weighted by Crippen LogP contribution is 2.25. The van der Waals surface area contributed by atoms with E-state index >= 15 is 0 Å². The van der Waals surface area contributed by atoms with Gasteiger partial charge >= 0.3 is 0 Å². The topological polar surface area (TPSA) is 30.5 Å². The number of rotatable bonds is 9. The van der Waals surface area contributed by atoms with Crippen molar-refractivity contribution in [1.29, 1.82) is 0 Å². The molecule has 1 aromatic carbocycles. The quantitative estimate of drug-likeness (QED) is 0.749. The van der Waals surface area contributed by atoms with Gasteiger partial charge in [-0.15, -0.1) is 0 Å². The minimum absolute atomic E-state index is 0.153. The lowest BCUT2D eigenvalue weighted by molar-refractivity contribution is 0.0331. The molecule has 1 aromatic rings. The van der Waals surface area contributed by atoms with Crippen LogP contribution >= 0.6 is 11.6 Å². The number of hydrogen-bond donors (Lipinski definition) is 1. The van der Waals surface area contributed by atoms with Crippen LogP contribution in [0, 0.1) is 5.92 Å². The van der Waals surface area contributed by atoms with E-state index in [1.54, 1.807) is 14.2 Å². The van der Waals surface area contributed by atoms with Gasteiger partial charge in [-0.2, -0.15) is 0 Å². The molecule has 4 heteroatoms. The van der Waals surface area contributed by atoms with Crippen molar-refractivity contribution in [3.8, 4) is 5.75 Å². The Bertz CT molecular complexity index is 423. The van der Waals surface area contributed by atoms with Crippen LogP contribution in [0.15, 0.2) is 18.2 Å². The van der Waals surface area contributed by atoms with Gasteiger partial charge in [0.25, 0.3) is 0 Å². The van der Waals surface area contributed by atoms with Gasteiger partial charge in [0, 0.05) is 18.2 Å². The molecule has 2 unspecified atom stereocenters. The number of benzene rings is 1. The molecule has 120 valence electrons.